The molecule has 0 aliphatic carbocycles. The van der Waals surface area contributed by atoms with Gasteiger partial charge >= 0.3 is 0 Å². The Bertz CT molecular complexity index is 1700. The standard InChI is InChI=1S/C31H30N4O4/c1-35-19-22(24-9-5-7-11-27(24)35)16-26(34-30(36)20-12-13-28(38-2)29(17-20)39-3)31(37)32-15-14-21-18-33-25-10-6-4-8-23(21)25/h4-13,16-19,33H,14-15H2,1-3H3,(H,32,37)(H,34,36)/b26-16-. The van der Waals surface area contributed by atoms with Gasteiger partial charge in [-0.15, -0.1) is 0 Å². The maximum absolute atomic E-state index is 13.4. The van der Waals surface area contributed by atoms with Crippen LogP contribution >= 0.6 is 0 Å². The summed E-state index contributed by atoms with van der Waals surface area (Å²) in [6.07, 6.45) is 6.25. The summed E-state index contributed by atoms with van der Waals surface area (Å²) >= 11 is 0. The molecule has 0 atom stereocenters. The summed E-state index contributed by atoms with van der Waals surface area (Å²) in [5.74, 6) is 0.120. The van der Waals surface area contributed by atoms with Crippen LogP contribution in [0.4, 0.5) is 0 Å². The summed E-state index contributed by atoms with van der Waals surface area (Å²) in [5.41, 5.74) is 4.49. The van der Waals surface area contributed by atoms with Gasteiger partial charge in [-0.1, -0.05) is 36.4 Å². The predicted octanol–water partition coefficient (Wildman–Crippen LogP) is 4.81. The van der Waals surface area contributed by atoms with Gasteiger partial charge in [0.05, 0.1) is 14.2 Å². The van der Waals surface area contributed by atoms with Crippen LogP contribution in [0.3, 0.4) is 0 Å². The first kappa shape index (κ1) is 25.7. The Kier molecular flexibility index (Phi) is 7.36. The van der Waals surface area contributed by atoms with Crippen molar-refractivity contribution in [3.8, 4) is 11.5 Å². The number of aromatic amines is 1. The lowest BCUT2D eigenvalue weighted by molar-refractivity contribution is -0.117. The van der Waals surface area contributed by atoms with Crippen molar-refractivity contribution in [2.75, 3.05) is 20.8 Å². The number of aromatic nitrogens is 2. The van der Waals surface area contributed by atoms with Gasteiger partial charge in [0.15, 0.2) is 11.5 Å². The number of hydrogen-bond donors (Lipinski definition) is 3. The number of hydrogen-bond acceptors (Lipinski definition) is 4. The summed E-state index contributed by atoms with van der Waals surface area (Å²) in [6.45, 7) is 0.403. The molecule has 39 heavy (non-hydrogen) atoms. The Morgan fingerprint density at radius 3 is 2.49 bits per heavy atom. The highest BCUT2D eigenvalue weighted by atomic mass is 16.5. The molecule has 0 aliphatic heterocycles. The van der Waals surface area contributed by atoms with Crippen molar-refractivity contribution >= 4 is 39.7 Å². The Morgan fingerprint density at radius 1 is 0.949 bits per heavy atom. The number of nitrogens with one attached hydrogen (secondary N) is 3. The van der Waals surface area contributed by atoms with Gasteiger partial charge in [-0.05, 0) is 48.4 Å². The van der Waals surface area contributed by atoms with Crippen molar-refractivity contribution < 1.29 is 19.1 Å². The van der Waals surface area contributed by atoms with E-state index in [9.17, 15) is 9.59 Å². The van der Waals surface area contributed by atoms with E-state index in [1.165, 1.54) is 14.2 Å². The van der Waals surface area contributed by atoms with E-state index in [0.29, 0.717) is 30.0 Å². The number of methoxy groups -OCH3 is 2. The SMILES string of the molecule is COc1ccc(C(=O)N/C(=C\c2cn(C)c3ccccc23)C(=O)NCCc2c[nH]c3ccccc23)cc1OC. The highest BCUT2D eigenvalue weighted by Crippen LogP contribution is 2.28. The third-order valence-corrected chi connectivity index (χ3v) is 6.72. The molecule has 198 valence electrons. The van der Waals surface area contributed by atoms with Crippen LogP contribution in [0.5, 0.6) is 11.5 Å². The molecule has 3 aromatic carbocycles. The molecule has 0 fully saturated rings. The number of benzene rings is 3. The molecule has 5 aromatic rings. The summed E-state index contributed by atoms with van der Waals surface area (Å²) < 4.78 is 12.6. The van der Waals surface area contributed by atoms with Crippen molar-refractivity contribution in [2.45, 2.75) is 6.42 Å². The van der Waals surface area contributed by atoms with Gasteiger partial charge in [0, 0.05) is 58.9 Å². The first-order valence-electron chi connectivity index (χ1n) is 12.6. The van der Waals surface area contributed by atoms with Gasteiger partial charge in [0.1, 0.15) is 5.70 Å². The molecule has 0 saturated heterocycles. The van der Waals surface area contributed by atoms with Gasteiger partial charge < -0.3 is 29.7 Å². The van der Waals surface area contributed by atoms with E-state index < -0.39 is 5.91 Å². The van der Waals surface area contributed by atoms with Crippen molar-refractivity contribution in [2.24, 2.45) is 7.05 Å². The molecule has 5 rings (SSSR count). The maximum Gasteiger partial charge on any atom is 0.267 e. The minimum atomic E-state index is -0.436. The number of ether oxygens (including phenoxy) is 2. The number of rotatable bonds is 9. The highest BCUT2D eigenvalue weighted by Gasteiger charge is 2.18. The average molecular weight is 523 g/mol. The monoisotopic (exact) mass is 522 g/mol. The molecule has 0 aliphatic rings. The molecule has 0 bridgehead atoms. The number of amides is 2. The number of carbonyl (C=O) groups excluding carboxylic acids is 2. The largest absolute Gasteiger partial charge is 0.493 e. The molecular weight excluding hydrogens is 492 g/mol. The molecule has 2 amide bonds. The zero-order valence-electron chi connectivity index (χ0n) is 22.1. The van der Waals surface area contributed by atoms with Crippen molar-refractivity contribution in [1.82, 2.24) is 20.2 Å². The smallest absolute Gasteiger partial charge is 0.267 e. The zero-order chi connectivity index (χ0) is 27.4. The summed E-state index contributed by atoms with van der Waals surface area (Å²) in [6, 6.07) is 20.8. The van der Waals surface area contributed by atoms with Gasteiger partial charge in [0.2, 0.25) is 0 Å². The molecule has 8 nitrogen and oxygen atoms in total. The summed E-state index contributed by atoms with van der Waals surface area (Å²) in [7, 11) is 4.98. The second-order valence-electron chi connectivity index (χ2n) is 9.16. The topological polar surface area (TPSA) is 97.4 Å². The van der Waals surface area contributed by atoms with E-state index in [4.69, 9.17) is 9.47 Å². The number of aryl methyl sites for hydroxylation is 1. The molecule has 0 radical (unpaired) electrons. The highest BCUT2D eigenvalue weighted by molar-refractivity contribution is 6.06. The average Bonchev–Trinajstić information content (AvgIpc) is 3.52. The van der Waals surface area contributed by atoms with Crippen LogP contribution in [0.25, 0.3) is 27.9 Å². The maximum atomic E-state index is 13.4. The van der Waals surface area contributed by atoms with Crippen LogP contribution in [-0.2, 0) is 18.3 Å². The molecule has 2 heterocycles. The van der Waals surface area contributed by atoms with Crippen LogP contribution in [0.2, 0.25) is 0 Å². The minimum absolute atomic E-state index is 0.144. The Morgan fingerprint density at radius 2 is 1.69 bits per heavy atom. The number of nitrogens with zero attached hydrogens (tertiary/aromatic N) is 1. The van der Waals surface area contributed by atoms with Crippen LogP contribution in [-0.4, -0.2) is 42.1 Å². The number of H-pyrrole nitrogens is 1. The van der Waals surface area contributed by atoms with Crippen LogP contribution in [0, 0.1) is 0 Å². The molecule has 8 heteroatoms. The fourth-order valence-corrected chi connectivity index (χ4v) is 4.72. The second-order valence-corrected chi connectivity index (χ2v) is 9.16. The van der Waals surface area contributed by atoms with Crippen molar-refractivity contribution in [1.29, 1.82) is 0 Å². The summed E-state index contributed by atoms with van der Waals surface area (Å²) in [5, 5.41) is 7.89. The molecule has 3 N–H and O–H groups in total. The van der Waals surface area contributed by atoms with Crippen LogP contribution < -0.4 is 20.1 Å². The van der Waals surface area contributed by atoms with E-state index in [1.807, 2.05) is 66.5 Å². The van der Waals surface area contributed by atoms with Gasteiger partial charge in [-0.3, -0.25) is 9.59 Å². The second kappa shape index (κ2) is 11.2. The zero-order valence-corrected chi connectivity index (χ0v) is 22.1. The fraction of sp³-hybridized carbons (Fsp3) is 0.161. The van der Waals surface area contributed by atoms with Crippen molar-refractivity contribution in [3.63, 3.8) is 0 Å². The van der Waals surface area contributed by atoms with E-state index in [-0.39, 0.29) is 11.6 Å². The number of carbonyl (C=O) groups is 2. The Balaban J connectivity index is 1.41. The number of fused-ring (bicyclic) bond motifs is 2. The first-order chi connectivity index (χ1) is 19.0. The Hall–Kier alpha value is -4.98. The van der Waals surface area contributed by atoms with Gasteiger partial charge in [0.25, 0.3) is 11.8 Å². The minimum Gasteiger partial charge on any atom is -0.493 e. The first-order valence-corrected chi connectivity index (χ1v) is 12.6. The van der Waals surface area contributed by atoms with Crippen molar-refractivity contribution in [3.05, 3.63) is 102 Å². The fourth-order valence-electron chi connectivity index (χ4n) is 4.72. The summed E-state index contributed by atoms with van der Waals surface area (Å²) in [4.78, 5) is 29.9. The van der Waals surface area contributed by atoms with Crippen LogP contribution in [0.1, 0.15) is 21.5 Å². The normalized spacial score (nSPS) is 11.5. The van der Waals surface area contributed by atoms with E-state index in [2.05, 4.69) is 21.7 Å². The predicted molar refractivity (Wildman–Crippen MR) is 153 cm³/mol. The van der Waals surface area contributed by atoms with E-state index >= 15 is 0 Å². The molecule has 0 saturated carbocycles. The lowest BCUT2D eigenvalue weighted by Gasteiger charge is -2.13. The third-order valence-electron chi connectivity index (χ3n) is 6.72. The molecule has 2 aromatic heterocycles. The molecule has 0 spiro atoms. The lowest BCUT2D eigenvalue weighted by atomic mass is 10.1. The Labute approximate surface area is 226 Å². The lowest BCUT2D eigenvalue weighted by Crippen LogP contribution is -2.35. The van der Waals surface area contributed by atoms with E-state index in [1.54, 1.807) is 24.3 Å². The molecular formula is C31H30N4O4. The molecule has 0 unspecified atom stereocenters. The van der Waals surface area contributed by atoms with E-state index in [0.717, 1.165) is 32.9 Å². The van der Waals surface area contributed by atoms with Gasteiger partial charge in [-0.25, -0.2) is 0 Å². The third kappa shape index (κ3) is 5.36. The van der Waals surface area contributed by atoms with Crippen LogP contribution in [0.15, 0.2) is 84.8 Å². The van der Waals surface area contributed by atoms with Gasteiger partial charge in [-0.2, -0.15) is 0 Å². The number of para-hydroxylation sites is 2. The quantitative estimate of drug-likeness (QED) is 0.242.